The summed E-state index contributed by atoms with van der Waals surface area (Å²) in [5.74, 6) is 0.661. The summed E-state index contributed by atoms with van der Waals surface area (Å²) in [6.45, 7) is 0. The Morgan fingerprint density at radius 1 is 0.840 bits per heavy atom. The SMILES string of the molecule is O=c1c([Se]c2ccccc2)c(-c2cccc(Br)c2)oc2ccccc12. The third-order valence-corrected chi connectivity index (χ3v) is 6.57. The van der Waals surface area contributed by atoms with Gasteiger partial charge in [0.15, 0.2) is 0 Å². The van der Waals surface area contributed by atoms with Gasteiger partial charge in [0.25, 0.3) is 0 Å². The van der Waals surface area contributed by atoms with Crippen LogP contribution in [0.2, 0.25) is 0 Å². The van der Waals surface area contributed by atoms with Crippen LogP contribution in [-0.4, -0.2) is 15.0 Å². The molecule has 0 aliphatic heterocycles. The first-order valence-electron chi connectivity index (χ1n) is 7.77. The van der Waals surface area contributed by atoms with E-state index < -0.39 is 0 Å². The maximum absolute atomic E-state index is 13.2. The van der Waals surface area contributed by atoms with E-state index in [0.29, 0.717) is 16.7 Å². The van der Waals surface area contributed by atoms with E-state index in [9.17, 15) is 4.79 Å². The van der Waals surface area contributed by atoms with Gasteiger partial charge in [-0.3, -0.25) is 0 Å². The Kier molecular flexibility index (Phi) is 4.58. The summed E-state index contributed by atoms with van der Waals surface area (Å²) in [5, 5.41) is 0.633. The molecule has 0 atom stereocenters. The van der Waals surface area contributed by atoms with Gasteiger partial charge in [0.2, 0.25) is 0 Å². The second-order valence-corrected chi connectivity index (χ2v) is 8.70. The van der Waals surface area contributed by atoms with Crippen molar-refractivity contribution < 1.29 is 4.42 Å². The number of para-hydroxylation sites is 1. The van der Waals surface area contributed by atoms with E-state index in [4.69, 9.17) is 4.42 Å². The number of hydrogen-bond acceptors (Lipinski definition) is 2. The van der Waals surface area contributed by atoms with Crippen LogP contribution in [0.1, 0.15) is 0 Å². The van der Waals surface area contributed by atoms with Gasteiger partial charge in [0, 0.05) is 0 Å². The first kappa shape index (κ1) is 16.3. The quantitative estimate of drug-likeness (QED) is 0.439. The van der Waals surface area contributed by atoms with Crippen LogP contribution in [0.3, 0.4) is 0 Å². The first-order chi connectivity index (χ1) is 12.2. The van der Waals surface area contributed by atoms with Gasteiger partial charge in [-0.2, -0.15) is 0 Å². The van der Waals surface area contributed by atoms with E-state index in [-0.39, 0.29) is 20.4 Å². The minimum atomic E-state index is -0.135. The standard InChI is InChI=1S/C21H13BrO2Se/c22-15-8-6-7-14(13-15)20-21(25-16-9-2-1-3-10-16)19(23)17-11-4-5-12-18(17)24-20/h1-13H. The number of benzene rings is 3. The van der Waals surface area contributed by atoms with Crippen LogP contribution in [-0.2, 0) is 0 Å². The van der Waals surface area contributed by atoms with Gasteiger partial charge in [0.1, 0.15) is 0 Å². The minimum absolute atomic E-state index is 0.0562. The molecule has 0 unspecified atom stereocenters. The molecular formula is C21H13BrO2Se. The number of hydrogen-bond donors (Lipinski definition) is 0. The molecule has 0 amide bonds. The van der Waals surface area contributed by atoms with Crippen LogP contribution in [0.4, 0.5) is 0 Å². The summed E-state index contributed by atoms with van der Waals surface area (Å²) in [6.07, 6.45) is 0. The van der Waals surface area contributed by atoms with Crippen LogP contribution in [0.5, 0.6) is 0 Å². The van der Waals surface area contributed by atoms with Gasteiger partial charge in [-0.1, -0.05) is 0 Å². The third-order valence-electron chi connectivity index (χ3n) is 3.81. The molecule has 4 aromatic rings. The average molecular weight is 456 g/mol. The molecule has 122 valence electrons. The molecule has 1 heterocycles. The van der Waals surface area contributed by atoms with Crippen LogP contribution in [0.25, 0.3) is 22.3 Å². The monoisotopic (exact) mass is 456 g/mol. The van der Waals surface area contributed by atoms with Crippen molar-refractivity contribution in [3.63, 3.8) is 0 Å². The third kappa shape index (κ3) is 3.34. The zero-order chi connectivity index (χ0) is 17.2. The Morgan fingerprint density at radius 2 is 1.60 bits per heavy atom. The van der Waals surface area contributed by atoms with Gasteiger partial charge in [-0.05, 0) is 0 Å². The zero-order valence-electron chi connectivity index (χ0n) is 13.1. The summed E-state index contributed by atoms with van der Waals surface area (Å²) < 4.78 is 9.03. The van der Waals surface area contributed by atoms with Crippen molar-refractivity contribution in [1.82, 2.24) is 0 Å². The average Bonchev–Trinajstić information content (AvgIpc) is 2.65. The van der Waals surface area contributed by atoms with E-state index in [0.717, 1.165) is 19.0 Å². The summed E-state index contributed by atoms with van der Waals surface area (Å²) in [5.41, 5.74) is 1.58. The van der Waals surface area contributed by atoms with Crippen molar-refractivity contribution in [2.24, 2.45) is 0 Å². The first-order valence-corrected chi connectivity index (χ1v) is 10.3. The Balaban J connectivity index is 1.99. The second kappa shape index (κ2) is 7.01. The van der Waals surface area contributed by atoms with Gasteiger partial charge < -0.3 is 0 Å². The predicted octanol–water partition coefficient (Wildman–Crippen LogP) is 3.88. The fourth-order valence-electron chi connectivity index (χ4n) is 2.64. The van der Waals surface area contributed by atoms with Gasteiger partial charge in [0.05, 0.1) is 0 Å². The van der Waals surface area contributed by atoms with E-state index in [1.807, 2.05) is 66.7 Å². The van der Waals surface area contributed by atoms with E-state index in [2.05, 4.69) is 28.1 Å². The molecular weight excluding hydrogens is 443 g/mol. The van der Waals surface area contributed by atoms with Crippen LogP contribution in [0.15, 0.2) is 92.5 Å². The molecule has 0 saturated carbocycles. The van der Waals surface area contributed by atoms with Crippen molar-refractivity contribution in [1.29, 1.82) is 0 Å². The van der Waals surface area contributed by atoms with Crippen molar-refractivity contribution in [2.75, 3.05) is 0 Å². The van der Waals surface area contributed by atoms with Crippen LogP contribution >= 0.6 is 15.9 Å². The van der Waals surface area contributed by atoms with Crippen molar-refractivity contribution >= 4 is 50.8 Å². The van der Waals surface area contributed by atoms with E-state index in [1.165, 1.54) is 0 Å². The summed E-state index contributed by atoms with van der Waals surface area (Å²) in [6, 6.07) is 25.4. The van der Waals surface area contributed by atoms with Gasteiger partial charge in [-0.15, -0.1) is 0 Å². The predicted molar refractivity (Wildman–Crippen MR) is 107 cm³/mol. The molecule has 0 fully saturated rings. The molecule has 0 aliphatic rings. The van der Waals surface area contributed by atoms with Crippen LogP contribution < -0.4 is 14.4 Å². The van der Waals surface area contributed by atoms with Gasteiger partial charge >= 0.3 is 160 Å². The molecule has 0 bridgehead atoms. The summed E-state index contributed by atoms with van der Waals surface area (Å²) in [7, 11) is 0. The fraction of sp³-hybridized carbons (Fsp3) is 0. The Labute approximate surface area is 159 Å². The summed E-state index contributed by atoms with van der Waals surface area (Å²) >= 11 is 3.37. The van der Waals surface area contributed by atoms with Crippen LogP contribution in [0, 0.1) is 0 Å². The molecule has 2 nitrogen and oxygen atoms in total. The molecule has 1 aromatic heterocycles. The molecule has 3 aromatic carbocycles. The van der Waals surface area contributed by atoms with E-state index in [1.54, 1.807) is 0 Å². The molecule has 0 saturated heterocycles. The van der Waals surface area contributed by atoms with Crippen molar-refractivity contribution in [2.45, 2.75) is 0 Å². The number of halogens is 1. The molecule has 4 heteroatoms. The maximum atomic E-state index is 13.2. The van der Waals surface area contributed by atoms with Gasteiger partial charge in [-0.25, -0.2) is 0 Å². The Bertz CT molecular complexity index is 1100. The molecule has 0 spiro atoms. The number of fused-ring (bicyclic) bond motifs is 1. The number of rotatable bonds is 3. The zero-order valence-corrected chi connectivity index (χ0v) is 16.4. The van der Waals surface area contributed by atoms with Crippen molar-refractivity contribution in [3.8, 4) is 11.3 Å². The Hall–Kier alpha value is -2.13. The molecule has 25 heavy (non-hydrogen) atoms. The fourth-order valence-corrected chi connectivity index (χ4v) is 5.11. The topological polar surface area (TPSA) is 30.2 Å². The van der Waals surface area contributed by atoms with Crippen molar-refractivity contribution in [3.05, 3.63) is 93.6 Å². The van der Waals surface area contributed by atoms with E-state index >= 15 is 0 Å². The second-order valence-electron chi connectivity index (χ2n) is 5.51. The molecule has 0 N–H and O–H groups in total. The normalized spacial score (nSPS) is 10.9. The molecule has 0 aliphatic carbocycles. The molecule has 4 rings (SSSR count). The summed E-state index contributed by atoms with van der Waals surface area (Å²) in [4.78, 5) is 13.2. The Morgan fingerprint density at radius 3 is 2.40 bits per heavy atom. The molecule has 0 radical (unpaired) electrons.